The Morgan fingerprint density at radius 2 is 2.04 bits per heavy atom. The van der Waals surface area contributed by atoms with Crippen LogP contribution in [-0.2, 0) is 29.1 Å². The third-order valence-corrected chi connectivity index (χ3v) is 4.47. The number of anilines is 1. The molecule has 0 spiro atoms. The number of rotatable bonds is 8. The quantitative estimate of drug-likeness (QED) is 0.630. The monoisotopic (exact) mass is 353 g/mol. The topological polar surface area (TPSA) is 65.4 Å². The van der Waals surface area contributed by atoms with Crippen molar-refractivity contribution in [1.82, 2.24) is 9.71 Å². The van der Waals surface area contributed by atoms with E-state index < -0.39 is 0 Å². The first-order valence-electron chi connectivity index (χ1n) is 8.60. The number of imidazole rings is 1. The van der Waals surface area contributed by atoms with Gasteiger partial charge in [0.1, 0.15) is 17.6 Å². The van der Waals surface area contributed by atoms with E-state index >= 15 is 0 Å². The van der Waals surface area contributed by atoms with Crippen LogP contribution in [0, 0.1) is 6.92 Å². The number of aryl methyl sites for hydroxylation is 2. The largest absolute Gasteiger partial charge is 0.379 e. The molecule has 3 rings (SSSR count). The molecule has 6 heteroatoms. The van der Waals surface area contributed by atoms with Crippen molar-refractivity contribution in [2.24, 2.45) is 0 Å². The molecule has 0 fully saturated rings. The molecular formula is C20H23N3O3. The van der Waals surface area contributed by atoms with E-state index in [1.807, 2.05) is 18.2 Å². The molecule has 1 heterocycles. The Balaban J connectivity index is 1.96. The zero-order valence-corrected chi connectivity index (χ0v) is 15.3. The Hall–Kier alpha value is -2.86. The maximum absolute atomic E-state index is 10.8. The average Bonchev–Trinajstić information content (AvgIpc) is 2.99. The molecule has 0 saturated heterocycles. The van der Waals surface area contributed by atoms with E-state index in [9.17, 15) is 4.79 Å². The summed E-state index contributed by atoms with van der Waals surface area (Å²) in [5.74, 6) is 0.536. The second-order valence-electron chi connectivity index (χ2n) is 6.05. The Morgan fingerprint density at radius 1 is 1.23 bits per heavy atom. The van der Waals surface area contributed by atoms with Crippen LogP contribution in [0.1, 0.15) is 29.4 Å². The molecule has 1 aromatic heterocycles. The SMILES string of the molecule is CCc1cccc(C)c1CNc1cccc2c1nc(COC)n2OC=O. The lowest BCUT2D eigenvalue weighted by Crippen LogP contribution is -2.13. The van der Waals surface area contributed by atoms with E-state index in [2.05, 4.69) is 42.3 Å². The number of nitrogens with one attached hydrogen (secondary N) is 1. The zero-order chi connectivity index (χ0) is 18.5. The molecule has 0 atom stereocenters. The van der Waals surface area contributed by atoms with Crippen molar-refractivity contribution in [2.45, 2.75) is 33.4 Å². The number of aromatic nitrogens is 2. The van der Waals surface area contributed by atoms with Gasteiger partial charge in [-0.25, -0.2) is 4.98 Å². The summed E-state index contributed by atoms with van der Waals surface area (Å²) >= 11 is 0. The summed E-state index contributed by atoms with van der Waals surface area (Å²) in [6.45, 7) is 5.63. The van der Waals surface area contributed by atoms with Crippen molar-refractivity contribution < 1.29 is 14.4 Å². The molecule has 0 saturated carbocycles. The first-order chi connectivity index (χ1) is 12.7. The highest BCUT2D eigenvalue weighted by Gasteiger charge is 2.15. The van der Waals surface area contributed by atoms with Crippen LogP contribution in [0.25, 0.3) is 11.0 Å². The highest BCUT2D eigenvalue weighted by Crippen LogP contribution is 2.25. The summed E-state index contributed by atoms with van der Waals surface area (Å²) in [7, 11) is 1.58. The van der Waals surface area contributed by atoms with Gasteiger partial charge in [-0.05, 0) is 42.2 Å². The number of benzene rings is 2. The Bertz CT molecular complexity index is 918. The van der Waals surface area contributed by atoms with E-state index in [4.69, 9.17) is 9.57 Å². The molecule has 1 N–H and O–H groups in total. The van der Waals surface area contributed by atoms with Crippen LogP contribution in [0.2, 0.25) is 0 Å². The van der Waals surface area contributed by atoms with Crippen LogP contribution in [-0.4, -0.2) is 23.3 Å². The fourth-order valence-electron chi connectivity index (χ4n) is 3.18. The molecule has 0 amide bonds. The van der Waals surface area contributed by atoms with Gasteiger partial charge in [0.25, 0.3) is 0 Å². The van der Waals surface area contributed by atoms with Gasteiger partial charge in [-0.15, -0.1) is 0 Å². The molecule has 136 valence electrons. The molecule has 6 nitrogen and oxygen atoms in total. The minimum Gasteiger partial charge on any atom is -0.379 e. The van der Waals surface area contributed by atoms with Crippen molar-refractivity contribution in [3.8, 4) is 0 Å². The van der Waals surface area contributed by atoms with Gasteiger partial charge in [-0.2, -0.15) is 4.73 Å². The molecule has 26 heavy (non-hydrogen) atoms. The third kappa shape index (κ3) is 3.41. The second-order valence-corrected chi connectivity index (χ2v) is 6.05. The van der Waals surface area contributed by atoms with Gasteiger partial charge in [-0.1, -0.05) is 31.2 Å². The van der Waals surface area contributed by atoms with E-state index in [0.29, 0.717) is 18.8 Å². The zero-order valence-electron chi connectivity index (χ0n) is 15.3. The number of para-hydroxylation sites is 1. The molecule has 0 bridgehead atoms. The van der Waals surface area contributed by atoms with Gasteiger partial charge < -0.3 is 14.9 Å². The predicted molar refractivity (Wildman–Crippen MR) is 101 cm³/mol. The summed E-state index contributed by atoms with van der Waals surface area (Å²) in [4.78, 5) is 20.5. The summed E-state index contributed by atoms with van der Waals surface area (Å²) < 4.78 is 6.56. The van der Waals surface area contributed by atoms with Crippen molar-refractivity contribution in [1.29, 1.82) is 0 Å². The number of hydrogen-bond donors (Lipinski definition) is 1. The molecule has 3 aromatic rings. The van der Waals surface area contributed by atoms with E-state index in [1.165, 1.54) is 21.4 Å². The molecule has 0 aliphatic rings. The maximum Gasteiger partial charge on any atom is 0.321 e. The van der Waals surface area contributed by atoms with Crippen molar-refractivity contribution >= 4 is 23.2 Å². The Kier molecular flexibility index (Phi) is 5.53. The highest BCUT2D eigenvalue weighted by molar-refractivity contribution is 5.89. The fourth-order valence-corrected chi connectivity index (χ4v) is 3.18. The normalized spacial score (nSPS) is 10.9. The number of fused-ring (bicyclic) bond motifs is 1. The van der Waals surface area contributed by atoms with E-state index in [0.717, 1.165) is 23.1 Å². The first-order valence-corrected chi connectivity index (χ1v) is 8.60. The van der Waals surface area contributed by atoms with Gasteiger partial charge >= 0.3 is 6.47 Å². The molecular weight excluding hydrogens is 330 g/mol. The molecule has 0 aliphatic carbocycles. The smallest absolute Gasteiger partial charge is 0.321 e. The molecule has 0 aliphatic heterocycles. The summed E-state index contributed by atoms with van der Waals surface area (Å²) in [6, 6.07) is 12.1. The highest BCUT2D eigenvalue weighted by atomic mass is 16.7. The standard InChI is InChI=1S/C20H23N3O3/c1-4-15-8-5-7-14(2)16(15)11-21-17-9-6-10-18-20(17)22-19(12-25-3)23(18)26-13-24/h5-10,13,21H,4,11-12H2,1-3H3. The number of nitrogens with zero attached hydrogens (tertiary/aromatic N) is 2. The van der Waals surface area contributed by atoms with Gasteiger partial charge in [0.2, 0.25) is 0 Å². The van der Waals surface area contributed by atoms with Crippen LogP contribution in [0.4, 0.5) is 5.69 Å². The van der Waals surface area contributed by atoms with Gasteiger partial charge in [-0.3, -0.25) is 4.79 Å². The summed E-state index contributed by atoms with van der Waals surface area (Å²) in [6.07, 6.45) is 0.989. The Labute approximate surface area is 152 Å². The molecule has 0 radical (unpaired) electrons. The number of carbonyl (C=O) groups excluding carboxylic acids is 1. The van der Waals surface area contributed by atoms with E-state index in [1.54, 1.807) is 7.11 Å². The third-order valence-electron chi connectivity index (χ3n) is 4.47. The molecule has 0 unspecified atom stereocenters. The molecule has 2 aromatic carbocycles. The van der Waals surface area contributed by atoms with Gasteiger partial charge in [0, 0.05) is 13.7 Å². The summed E-state index contributed by atoms with van der Waals surface area (Å²) in [5, 5.41) is 3.48. The van der Waals surface area contributed by atoms with Crippen molar-refractivity contribution in [3.05, 3.63) is 58.9 Å². The number of hydrogen-bond acceptors (Lipinski definition) is 5. The number of ether oxygens (including phenoxy) is 1. The maximum atomic E-state index is 10.8. The van der Waals surface area contributed by atoms with Crippen molar-refractivity contribution in [2.75, 3.05) is 12.4 Å². The lowest BCUT2D eigenvalue weighted by atomic mass is 10.00. The average molecular weight is 353 g/mol. The van der Waals surface area contributed by atoms with Crippen LogP contribution in [0.15, 0.2) is 36.4 Å². The lowest BCUT2D eigenvalue weighted by Gasteiger charge is -2.13. The van der Waals surface area contributed by atoms with Crippen LogP contribution in [0.5, 0.6) is 0 Å². The second kappa shape index (κ2) is 8.01. The Morgan fingerprint density at radius 3 is 2.77 bits per heavy atom. The fraction of sp³-hybridized carbons (Fsp3) is 0.300. The lowest BCUT2D eigenvalue weighted by molar-refractivity contribution is -0.129. The van der Waals surface area contributed by atoms with E-state index in [-0.39, 0.29) is 6.61 Å². The number of carbonyl (C=O) groups is 1. The minimum absolute atomic E-state index is 0.250. The summed E-state index contributed by atoms with van der Waals surface area (Å²) in [5.41, 5.74) is 6.24. The van der Waals surface area contributed by atoms with Crippen molar-refractivity contribution in [3.63, 3.8) is 0 Å². The first kappa shape index (κ1) is 17.9. The van der Waals surface area contributed by atoms with Crippen LogP contribution < -0.4 is 10.2 Å². The van der Waals surface area contributed by atoms with Gasteiger partial charge in [0.05, 0.1) is 5.69 Å². The van der Waals surface area contributed by atoms with Crippen LogP contribution in [0.3, 0.4) is 0 Å². The van der Waals surface area contributed by atoms with Gasteiger partial charge in [0.15, 0.2) is 5.82 Å². The van der Waals surface area contributed by atoms with Crippen LogP contribution >= 0.6 is 0 Å². The minimum atomic E-state index is 0.250. The predicted octanol–water partition coefficient (Wildman–Crippen LogP) is 3.25. The number of methoxy groups -OCH3 is 1.